The van der Waals surface area contributed by atoms with Crippen molar-refractivity contribution in [2.45, 2.75) is 62.1 Å². The molecular weight excluding hydrogens is 470 g/mol. The predicted octanol–water partition coefficient (Wildman–Crippen LogP) is 5.07. The number of hydrogen-bond acceptors (Lipinski definition) is 5. The maximum atomic E-state index is 13.9. The van der Waals surface area contributed by atoms with Crippen molar-refractivity contribution in [1.29, 1.82) is 0 Å². The molecule has 3 aromatic carbocycles. The van der Waals surface area contributed by atoms with E-state index >= 15 is 0 Å². The Balaban J connectivity index is 1.48. The summed E-state index contributed by atoms with van der Waals surface area (Å²) in [5.74, 6) is -0.0435. The zero-order valence-corrected chi connectivity index (χ0v) is 21.6. The van der Waals surface area contributed by atoms with E-state index in [9.17, 15) is 14.1 Å². The topological polar surface area (TPSA) is 82.0 Å². The Hall–Kier alpha value is -3.00. The average Bonchev–Trinajstić information content (AvgIpc) is 3.07. The number of anilines is 2. The number of carbonyl (C=O) groups excluding carboxylic acids is 1. The summed E-state index contributed by atoms with van der Waals surface area (Å²) in [5.41, 5.74) is 5.37. The third-order valence-electron chi connectivity index (χ3n) is 7.47. The van der Waals surface area contributed by atoms with Gasteiger partial charge in [0.2, 0.25) is 0 Å². The molecule has 188 valence electrons. The summed E-state index contributed by atoms with van der Waals surface area (Å²) in [6.45, 7) is 1.51. The van der Waals surface area contributed by atoms with Gasteiger partial charge in [0.25, 0.3) is 0 Å². The van der Waals surface area contributed by atoms with E-state index in [-0.39, 0.29) is 11.8 Å². The molecule has 0 radical (unpaired) electrons. The molecule has 4 unspecified atom stereocenters. The average molecular weight is 504 g/mol. The lowest BCUT2D eigenvalue weighted by Crippen LogP contribution is -2.55. The number of rotatable bonds is 5. The molecule has 3 aromatic rings. The molecule has 1 saturated carbocycles. The van der Waals surface area contributed by atoms with Crippen LogP contribution in [0.15, 0.2) is 82.1 Å². The molecular formula is C29H33N3O3S. The Labute approximate surface area is 213 Å². The van der Waals surface area contributed by atoms with Crippen molar-refractivity contribution >= 4 is 27.1 Å². The number of nitrogens with zero attached hydrogens (tertiary/aromatic N) is 2. The first-order valence-electron chi connectivity index (χ1n) is 12.6. The summed E-state index contributed by atoms with van der Waals surface area (Å²) in [4.78, 5) is 14.5. The van der Waals surface area contributed by atoms with E-state index in [1.54, 1.807) is 24.3 Å². The normalized spacial score (nSPS) is 23.1. The SMILES string of the molecule is CN=S(=O)(NC1CCCC(N2c3ccccc3CCc3ccccc32)C1O)c1ccc(C(C)=O)cc1. The first-order valence-corrected chi connectivity index (χ1v) is 14.1. The highest BCUT2D eigenvalue weighted by Gasteiger charge is 2.39. The fourth-order valence-electron chi connectivity index (χ4n) is 5.54. The molecule has 1 heterocycles. The number of nitrogens with one attached hydrogen (secondary N) is 1. The van der Waals surface area contributed by atoms with Gasteiger partial charge < -0.3 is 10.0 Å². The monoisotopic (exact) mass is 503 g/mol. The van der Waals surface area contributed by atoms with Gasteiger partial charge in [0.05, 0.1) is 17.0 Å². The molecule has 0 bridgehead atoms. The minimum Gasteiger partial charge on any atom is -0.389 e. The molecule has 36 heavy (non-hydrogen) atoms. The van der Waals surface area contributed by atoms with Gasteiger partial charge in [-0.15, -0.1) is 0 Å². The van der Waals surface area contributed by atoms with E-state index in [2.05, 4.69) is 62.5 Å². The van der Waals surface area contributed by atoms with Crippen LogP contribution in [0.25, 0.3) is 0 Å². The van der Waals surface area contributed by atoms with Crippen LogP contribution in [0.2, 0.25) is 0 Å². The maximum absolute atomic E-state index is 13.9. The molecule has 6 nitrogen and oxygen atoms in total. The van der Waals surface area contributed by atoms with Gasteiger partial charge in [0.1, 0.15) is 9.92 Å². The van der Waals surface area contributed by atoms with Crippen molar-refractivity contribution in [3.63, 3.8) is 0 Å². The highest BCUT2D eigenvalue weighted by atomic mass is 32.2. The minimum absolute atomic E-state index is 0.0435. The molecule has 1 fully saturated rings. The molecule has 5 rings (SSSR count). The summed E-state index contributed by atoms with van der Waals surface area (Å²) in [6, 6.07) is 23.0. The largest absolute Gasteiger partial charge is 0.389 e. The van der Waals surface area contributed by atoms with E-state index in [1.165, 1.54) is 25.1 Å². The zero-order valence-electron chi connectivity index (χ0n) is 20.8. The molecule has 0 amide bonds. The summed E-state index contributed by atoms with van der Waals surface area (Å²) in [5, 5.41) is 11.7. The lowest BCUT2D eigenvalue weighted by atomic mass is 9.86. The number of ketones is 1. The first kappa shape index (κ1) is 24.7. The fraction of sp³-hybridized carbons (Fsp3) is 0.345. The molecule has 2 aliphatic rings. The molecule has 7 heteroatoms. The number of carbonyl (C=O) groups is 1. The van der Waals surface area contributed by atoms with Crippen LogP contribution in [-0.2, 0) is 22.8 Å². The van der Waals surface area contributed by atoms with Crippen LogP contribution in [0.3, 0.4) is 0 Å². The third kappa shape index (κ3) is 4.59. The Morgan fingerprint density at radius 3 is 2.08 bits per heavy atom. The second kappa shape index (κ2) is 10.2. The molecule has 4 atom stereocenters. The van der Waals surface area contributed by atoms with Crippen LogP contribution < -0.4 is 9.62 Å². The first-order chi connectivity index (χ1) is 17.4. The van der Waals surface area contributed by atoms with E-state index < -0.39 is 22.1 Å². The lowest BCUT2D eigenvalue weighted by molar-refractivity contribution is 0.0816. The van der Waals surface area contributed by atoms with Gasteiger partial charge in [-0.2, -0.15) is 0 Å². The standard InChI is InChI=1S/C29H33N3O3S/c1-20(33)21-16-18-24(19-17-21)36(35,30-2)31-25-10-7-13-28(29(25)34)32-26-11-5-3-8-22(26)14-15-23-9-4-6-12-27(23)32/h3-6,8-9,11-12,16-19,25,28-29,34H,7,10,13-15H2,1-2H3,(H,30,31,35). The number of benzene rings is 3. The van der Waals surface area contributed by atoms with Gasteiger partial charge >= 0.3 is 0 Å². The van der Waals surface area contributed by atoms with Gasteiger partial charge in [-0.25, -0.2) is 13.3 Å². The number of aryl methyl sites for hydroxylation is 2. The Bertz CT molecular complexity index is 1330. The minimum atomic E-state index is -2.98. The van der Waals surface area contributed by atoms with E-state index in [0.29, 0.717) is 16.9 Å². The number of aliphatic hydroxyl groups is 1. The molecule has 0 saturated heterocycles. The third-order valence-corrected chi connectivity index (χ3v) is 9.52. The number of Topliss-reactive ketones (excluding diaryl/α,β-unsaturated/α-hetero) is 1. The van der Waals surface area contributed by atoms with Crippen molar-refractivity contribution < 1.29 is 14.1 Å². The molecule has 1 aliphatic carbocycles. The van der Waals surface area contributed by atoms with Crippen molar-refractivity contribution in [2.75, 3.05) is 11.9 Å². The quantitative estimate of drug-likeness (QED) is 0.477. The summed E-state index contributed by atoms with van der Waals surface area (Å²) in [7, 11) is -1.45. The van der Waals surface area contributed by atoms with Crippen molar-refractivity contribution in [3.8, 4) is 0 Å². The van der Waals surface area contributed by atoms with E-state index in [0.717, 1.165) is 37.1 Å². The van der Waals surface area contributed by atoms with Gasteiger partial charge in [-0.05, 0) is 74.4 Å². The van der Waals surface area contributed by atoms with Gasteiger partial charge in [-0.3, -0.25) is 4.79 Å². The fourth-order valence-corrected chi connectivity index (χ4v) is 7.17. The van der Waals surface area contributed by atoms with E-state index in [4.69, 9.17) is 0 Å². The zero-order chi connectivity index (χ0) is 25.3. The lowest BCUT2D eigenvalue weighted by Gasteiger charge is -2.43. The van der Waals surface area contributed by atoms with Crippen molar-refractivity contribution in [3.05, 3.63) is 89.5 Å². The van der Waals surface area contributed by atoms with Crippen molar-refractivity contribution in [2.24, 2.45) is 4.36 Å². The van der Waals surface area contributed by atoms with Gasteiger partial charge in [0, 0.05) is 30.0 Å². The second-order valence-corrected chi connectivity index (χ2v) is 11.8. The van der Waals surface area contributed by atoms with Crippen LogP contribution in [0.4, 0.5) is 11.4 Å². The van der Waals surface area contributed by atoms with Crippen LogP contribution in [0.1, 0.15) is 47.7 Å². The second-order valence-electron chi connectivity index (χ2n) is 9.63. The Morgan fingerprint density at radius 1 is 0.944 bits per heavy atom. The Morgan fingerprint density at radius 2 is 1.53 bits per heavy atom. The van der Waals surface area contributed by atoms with Crippen LogP contribution in [0.5, 0.6) is 0 Å². The molecule has 0 aromatic heterocycles. The molecule has 2 N–H and O–H groups in total. The molecule has 0 spiro atoms. The number of aliphatic hydroxyl groups excluding tert-OH is 1. The smallest absolute Gasteiger partial charge is 0.159 e. The van der Waals surface area contributed by atoms with Crippen molar-refractivity contribution in [1.82, 2.24) is 4.72 Å². The van der Waals surface area contributed by atoms with E-state index in [1.807, 2.05) is 0 Å². The Kier molecular flexibility index (Phi) is 6.97. The van der Waals surface area contributed by atoms with Gasteiger partial charge in [-0.1, -0.05) is 48.5 Å². The predicted molar refractivity (Wildman–Crippen MR) is 144 cm³/mol. The summed E-state index contributed by atoms with van der Waals surface area (Å²) >= 11 is 0. The molecule has 1 aliphatic heterocycles. The van der Waals surface area contributed by atoms with Crippen LogP contribution in [0, 0.1) is 0 Å². The highest BCUT2D eigenvalue weighted by Crippen LogP contribution is 2.41. The van der Waals surface area contributed by atoms with Crippen LogP contribution in [-0.4, -0.2) is 40.3 Å². The maximum Gasteiger partial charge on any atom is 0.159 e. The van der Waals surface area contributed by atoms with Crippen LogP contribution >= 0.6 is 0 Å². The summed E-state index contributed by atoms with van der Waals surface area (Å²) < 4.78 is 21.4. The van der Waals surface area contributed by atoms with Gasteiger partial charge in [0.15, 0.2) is 5.78 Å². The number of fused-ring (bicyclic) bond motifs is 2. The number of hydrogen-bond donors (Lipinski definition) is 2. The highest BCUT2D eigenvalue weighted by molar-refractivity contribution is 7.91. The number of para-hydroxylation sites is 2. The summed E-state index contributed by atoms with van der Waals surface area (Å²) in [6.07, 6.45) is 3.58.